The van der Waals surface area contributed by atoms with Gasteiger partial charge in [0.2, 0.25) is 5.91 Å². The Kier molecular flexibility index (Phi) is 8.88. The van der Waals surface area contributed by atoms with Gasteiger partial charge in [0.05, 0.1) is 12.7 Å². The minimum Gasteiger partial charge on any atom is -0.496 e. The van der Waals surface area contributed by atoms with Gasteiger partial charge in [0.1, 0.15) is 5.75 Å². The summed E-state index contributed by atoms with van der Waals surface area (Å²) >= 11 is 0. The topological polar surface area (TPSA) is 75.6 Å². The molecule has 5 heteroatoms. The van der Waals surface area contributed by atoms with Crippen molar-refractivity contribution >= 4 is 17.6 Å². The normalized spacial score (nSPS) is 12.3. The molecule has 0 aliphatic heterocycles. The predicted octanol–water partition coefficient (Wildman–Crippen LogP) is 6.69. The first-order valence-corrected chi connectivity index (χ1v) is 11.4. The molecule has 0 aliphatic rings. The van der Waals surface area contributed by atoms with Gasteiger partial charge in [0.15, 0.2) is 0 Å². The van der Waals surface area contributed by atoms with E-state index in [2.05, 4.69) is 12.2 Å². The molecule has 1 atom stereocenters. The zero-order chi connectivity index (χ0) is 23.9. The molecule has 0 radical (unpaired) electrons. The van der Waals surface area contributed by atoms with Crippen molar-refractivity contribution in [2.24, 2.45) is 0 Å². The molecule has 5 nitrogen and oxygen atoms in total. The first kappa shape index (κ1) is 25.4. The van der Waals surface area contributed by atoms with Crippen LogP contribution in [-0.4, -0.2) is 24.1 Å². The first-order valence-electron chi connectivity index (χ1n) is 11.4. The van der Waals surface area contributed by atoms with Crippen LogP contribution in [-0.2, 0) is 10.2 Å². The van der Waals surface area contributed by atoms with Crippen molar-refractivity contribution in [3.63, 3.8) is 0 Å². The molecule has 1 amide bonds. The van der Waals surface area contributed by atoms with E-state index in [1.807, 2.05) is 45.9 Å². The quantitative estimate of drug-likeness (QED) is 0.404. The second-order valence-corrected chi connectivity index (χ2v) is 9.46. The number of hydrogen-bond donors (Lipinski definition) is 2. The summed E-state index contributed by atoms with van der Waals surface area (Å²) in [6.45, 7) is 10.3. The fourth-order valence-corrected chi connectivity index (χ4v) is 4.14. The number of unbranched alkanes of at least 4 members (excludes halogenated alkanes) is 2. The van der Waals surface area contributed by atoms with Crippen LogP contribution in [0.15, 0.2) is 36.4 Å². The molecular weight excluding hydrogens is 402 g/mol. The van der Waals surface area contributed by atoms with Crippen LogP contribution in [0.2, 0.25) is 0 Å². The molecular formula is C27H37NO4. The molecule has 0 saturated carbocycles. The molecule has 174 valence electrons. The van der Waals surface area contributed by atoms with Crippen LogP contribution in [0, 0.1) is 6.92 Å². The smallest absolute Gasteiger partial charge is 0.335 e. The van der Waals surface area contributed by atoms with Crippen molar-refractivity contribution in [1.82, 2.24) is 0 Å². The Morgan fingerprint density at radius 2 is 1.84 bits per heavy atom. The number of anilines is 1. The van der Waals surface area contributed by atoms with Gasteiger partial charge in [-0.15, -0.1) is 0 Å². The summed E-state index contributed by atoms with van der Waals surface area (Å²) in [5.74, 6) is -0.270. The summed E-state index contributed by atoms with van der Waals surface area (Å²) in [4.78, 5) is 24.7. The van der Waals surface area contributed by atoms with Crippen LogP contribution < -0.4 is 10.1 Å². The van der Waals surface area contributed by atoms with E-state index in [4.69, 9.17) is 4.74 Å². The Morgan fingerprint density at radius 3 is 2.44 bits per heavy atom. The number of aromatic carboxylic acids is 1. The molecule has 32 heavy (non-hydrogen) atoms. The highest BCUT2D eigenvalue weighted by Gasteiger charge is 2.24. The lowest BCUT2D eigenvalue weighted by Crippen LogP contribution is -2.21. The highest BCUT2D eigenvalue weighted by Crippen LogP contribution is 2.36. The number of carboxylic acid groups (broad SMARTS) is 1. The highest BCUT2D eigenvalue weighted by molar-refractivity contribution is 5.95. The number of para-hydroxylation sites is 1. The zero-order valence-corrected chi connectivity index (χ0v) is 20.2. The van der Waals surface area contributed by atoms with Gasteiger partial charge in [0, 0.05) is 12.1 Å². The van der Waals surface area contributed by atoms with E-state index in [0.29, 0.717) is 12.1 Å². The van der Waals surface area contributed by atoms with Gasteiger partial charge in [-0.3, -0.25) is 4.79 Å². The van der Waals surface area contributed by atoms with E-state index in [-0.39, 0.29) is 22.8 Å². The number of carbonyl (C=O) groups is 2. The maximum atomic E-state index is 13.2. The van der Waals surface area contributed by atoms with Gasteiger partial charge < -0.3 is 15.2 Å². The summed E-state index contributed by atoms with van der Waals surface area (Å²) in [5.41, 5.74) is 3.50. The SMILES string of the molecule is CCCCCC(CC(=O)Nc1cc(C(=O)O)ccc1C(C)(C)C)c1cccc(C)c1OC. The third-order valence-corrected chi connectivity index (χ3v) is 5.82. The molecule has 0 heterocycles. The van der Waals surface area contributed by atoms with Gasteiger partial charge in [-0.2, -0.15) is 0 Å². The molecule has 0 spiro atoms. The maximum absolute atomic E-state index is 13.2. The lowest BCUT2D eigenvalue weighted by Gasteiger charge is -2.25. The van der Waals surface area contributed by atoms with Gasteiger partial charge in [-0.05, 0) is 53.5 Å². The molecule has 0 saturated heterocycles. The standard InChI is InChI=1S/C27H37NO4/c1-7-8-9-12-19(21-13-10-11-18(2)25(21)32-6)17-24(29)28-23-16-20(26(30)31)14-15-22(23)27(3,4)5/h10-11,13-16,19H,7-9,12,17H2,1-6H3,(H,28,29)(H,30,31). The summed E-state index contributed by atoms with van der Waals surface area (Å²) in [7, 11) is 1.67. The molecule has 0 bridgehead atoms. The molecule has 2 rings (SSSR count). The number of nitrogens with one attached hydrogen (secondary N) is 1. The van der Waals surface area contributed by atoms with Crippen molar-refractivity contribution in [1.29, 1.82) is 0 Å². The average molecular weight is 440 g/mol. The van der Waals surface area contributed by atoms with Crippen molar-refractivity contribution in [2.45, 2.75) is 78.1 Å². The van der Waals surface area contributed by atoms with Crippen molar-refractivity contribution in [2.75, 3.05) is 12.4 Å². The van der Waals surface area contributed by atoms with Gasteiger partial charge in [0.25, 0.3) is 0 Å². The first-order chi connectivity index (χ1) is 15.1. The van der Waals surface area contributed by atoms with Crippen LogP contribution in [0.25, 0.3) is 0 Å². The maximum Gasteiger partial charge on any atom is 0.335 e. The van der Waals surface area contributed by atoms with Crippen molar-refractivity contribution in [3.05, 3.63) is 58.7 Å². The number of methoxy groups -OCH3 is 1. The van der Waals surface area contributed by atoms with E-state index < -0.39 is 5.97 Å². The zero-order valence-electron chi connectivity index (χ0n) is 20.2. The second-order valence-electron chi connectivity index (χ2n) is 9.46. The van der Waals surface area contributed by atoms with E-state index in [0.717, 1.165) is 48.1 Å². The minimum absolute atomic E-state index is 0.0251. The Morgan fingerprint density at radius 1 is 1.12 bits per heavy atom. The van der Waals surface area contributed by atoms with Crippen LogP contribution in [0.3, 0.4) is 0 Å². The molecule has 0 fully saturated rings. The lowest BCUT2D eigenvalue weighted by molar-refractivity contribution is -0.116. The van der Waals surface area contributed by atoms with Gasteiger partial charge in [-0.1, -0.05) is 71.2 Å². The van der Waals surface area contributed by atoms with E-state index in [9.17, 15) is 14.7 Å². The van der Waals surface area contributed by atoms with E-state index >= 15 is 0 Å². The lowest BCUT2D eigenvalue weighted by atomic mass is 9.84. The third kappa shape index (κ3) is 6.59. The fourth-order valence-electron chi connectivity index (χ4n) is 4.14. The van der Waals surface area contributed by atoms with Crippen LogP contribution in [0.5, 0.6) is 5.75 Å². The number of benzene rings is 2. The van der Waals surface area contributed by atoms with Crippen LogP contribution in [0.4, 0.5) is 5.69 Å². The number of aryl methyl sites for hydroxylation is 1. The summed E-state index contributed by atoms with van der Waals surface area (Å²) in [5, 5.41) is 12.4. The van der Waals surface area contributed by atoms with Gasteiger partial charge >= 0.3 is 5.97 Å². The number of hydrogen-bond acceptors (Lipinski definition) is 3. The number of rotatable bonds is 10. The third-order valence-electron chi connectivity index (χ3n) is 5.82. The minimum atomic E-state index is -1.01. The average Bonchev–Trinajstić information content (AvgIpc) is 2.72. The number of amides is 1. The van der Waals surface area contributed by atoms with Gasteiger partial charge in [-0.25, -0.2) is 4.79 Å². The number of carboxylic acids is 1. The molecule has 0 aliphatic carbocycles. The van der Waals surface area contributed by atoms with E-state index in [1.54, 1.807) is 25.3 Å². The molecule has 2 aromatic carbocycles. The number of ether oxygens (including phenoxy) is 1. The monoisotopic (exact) mass is 439 g/mol. The van der Waals surface area contributed by atoms with Crippen LogP contribution in [0.1, 0.15) is 92.8 Å². The Labute approximate surface area is 192 Å². The Bertz CT molecular complexity index is 943. The summed E-state index contributed by atoms with van der Waals surface area (Å²) in [6, 6.07) is 11.0. The molecule has 0 aromatic heterocycles. The number of carbonyl (C=O) groups excluding carboxylic acids is 1. The van der Waals surface area contributed by atoms with E-state index in [1.165, 1.54) is 0 Å². The molecule has 2 aromatic rings. The molecule has 1 unspecified atom stereocenters. The Balaban J connectivity index is 2.34. The summed E-state index contributed by atoms with van der Waals surface area (Å²) < 4.78 is 5.67. The van der Waals surface area contributed by atoms with Crippen LogP contribution >= 0.6 is 0 Å². The fraction of sp³-hybridized carbons (Fsp3) is 0.481. The predicted molar refractivity (Wildman–Crippen MR) is 130 cm³/mol. The van der Waals surface area contributed by atoms with Crippen molar-refractivity contribution in [3.8, 4) is 5.75 Å². The summed E-state index contributed by atoms with van der Waals surface area (Å²) in [6.07, 6.45) is 4.46. The second kappa shape index (κ2) is 11.2. The largest absolute Gasteiger partial charge is 0.496 e. The molecule has 2 N–H and O–H groups in total. The van der Waals surface area contributed by atoms with Crippen molar-refractivity contribution < 1.29 is 19.4 Å². The highest BCUT2D eigenvalue weighted by atomic mass is 16.5. The Hall–Kier alpha value is -2.82.